The van der Waals surface area contributed by atoms with Crippen molar-refractivity contribution in [2.75, 3.05) is 18.0 Å². The molecule has 1 saturated heterocycles. The quantitative estimate of drug-likeness (QED) is 0.528. The SMILES string of the molecule is Cn1cc2cc(-c3ccc4cc(N5CCC(NC(C)(C)C)C5)cnc4n3)c(O)cc2n1. The maximum atomic E-state index is 10.5. The fourth-order valence-corrected chi connectivity index (χ4v) is 4.44. The van der Waals surface area contributed by atoms with Crippen molar-refractivity contribution < 1.29 is 5.11 Å². The van der Waals surface area contributed by atoms with Crippen LogP contribution in [0.1, 0.15) is 27.2 Å². The standard InChI is InChI=1S/C24H28N6O/c1-24(2,3)27-17-7-8-30(14-17)18-9-15-5-6-20(26-23(15)25-12-18)19-10-16-13-29(4)28-21(16)11-22(19)31/h5-6,9-13,17,27,31H,7-8,14H2,1-4H3. The van der Waals surface area contributed by atoms with Crippen LogP contribution >= 0.6 is 0 Å². The fraction of sp³-hybridized carbons (Fsp3) is 0.375. The summed E-state index contributed by atoms with van der Waals surface area (Å²) in [6, 6.07) is 10.2. The summed E-state index contributed by atoms with van der Waals surface area (Å²) in [5, 5.41) is 20.5. The van der Waals surface area contributed by atoms with Gasteiger partial charge in [0.25, 0.3) is 0 Å². The smallest absolute Gasteiger partial charge is 0.159 e. The molecular formula is C24H28N6O. The lowest BCUT2D eigenvalue weighted by molar-refractivity contribution is 0.373. The van der Waals surface area contributed by atoms with Crippen LogP contribution < -0.4 is 10.2 Å². The van der Waals surface area contributed by atoms with Crippen LogP contribution in [0.4, 0.5) is 5.69 Å². The molecule has 0 amide bonds. The molecule has 1 aliphatic heterocycles. The minimum absolute atomic E-state index is 0.118. The molecule has 3 aromatic heterocycles. The fourth-order valence-electron chi connectivity index (χ4n) is 4.44. The van der Waals surface area contributed by atoms with Crippen LogP contribution in [0.5, 0.6) is 5.75 Å². The second-order valence-corrected chi connectivity index (χ2v) is 9.49. The van der Waals surface area contributed by atoms with E-state index in [-0.39, 0.29) is 11.3 Å². The van der Waals surface area contributed by atoms with Crippen LogP contribution in [-0.4, -0.2) is 49.5 Å². The van der Waals surface area contributed by atoms with Gasteiger partial charge < -0.3 is 15.3 Å². The van der Waals surface area contributed by atoms with Gasteiger partial charge in [0.1, 0.15) is 5.75 Å². The molecule has 4 aromatic rings. The molecular weight excluding hydrogens is 388 g/mol. The Morgan fingerprint density at radius 1 is 1.13 bits per heavy atom. The number of nitrogens with zero attached hydrogens (tertiary/aromatic N) is 5. The van der Waals surface area contributed by atoms with E-state index in [1.165, 1.54) is 0 Å². The largest absolute Gasteiger partial charge is 0.507 e. The van der Waals surface area contributed by atoms with Crippen LogP contribution in [0.2, 0.25) is 0 Å². The molecule has 31 heavy (non-hydrogen) atoms. The second-order valence-electron chi connectivity index (χ2n) is 9.49. The van der Waals surface area contributed by atoms with Crippen molar-refractivity contribution in [3.8, 4) is 17.0 Å². The van der Waals surface area contributed by atoms with Crippen molar-refractivity contribution in [1.82, 2.24) is 25.1 Å². The Morgan fingerprint density at radius 3 is 2.77 bits per heavy atom. The molecule has 4 heterocycles. The number of aryl methyl sites for hydroxylation is 1. The van der Waals surface area contributed by atoms with Gasteiger partial charge in [0.05, 0.1) is 23.1 Å². The summed E-state index contributed by atoms with van der Waals surface area (Å²) in [6.45, 7) is 8.63. The summed E-state index contributed by atoms with van der Waals surface area (Å²) in [7, 11) is 1.87. The number of pyridine rings is 2. The number of aromatic hydroxyl groups is 1. The first-order valence-electron chi connectivity index (χ1n) is 10.7. The molecule has 1 fully saturated rings. The van der Waals surface area contributed by atoms with E-state index in [4.69, 9.17) is 4.98 Å². The van der Waals surface area contributed by atoms with Gasteiger partial charge in [-0.05, 0) is 51.5 Å². The zero-order valence-corrected chi connectivity index (χ0v) is 18.4. The highest BCUT2D eigenvalue weighted by molar-refractivity contribution is 5.89. The van der Waals surface area contributed by atoms with Gasteiger partial charge in [-0.2, -0.15) is 5.10 Å². The van der Waals surface area contributed by atoms with Crippen LogP contribution in [0.3, 0.4) is 0 Å². The maximum Gasteiger partial charge on any atom is 0.159 e. The third-order valence-corrected chi connectivity index (χ3v) is 5.73. The minimum Gasteiger partial charge on any atom is -0.507 e. The number of hydrogen-bond donors (Lipinski definition) is 2. The highest BCUT2D eigenvalue weighted by Crippen LogP contribution is 2.33. The Kier molecular flexibility index (Phi) is 4.59. The van der Waals surface area contributed by atoms with Gasteiger partial charge in [-0.25, -0.2) is 9.97 Å². The van der Waals surface area contributed by atoms with Crippen LogP contribution in [0, 0.1) is 0 Å². The van der Waals surface area contributed by atoms with E-state index >= 15 is 0 Å². The van der Waals surface area contributed by atoms with Gasteiger partial charge in [0, 0.05) is 60.3 Å². The molecule has 0 saturated carbocycles. The van der Waals surface area contributed by atoms with Crippen LogP contribution in [0.25, 0.3) is 33.2 Å². The van der Waals surface area contributed by atoms with Crippen LogP contribution in [-0.2, 0) is 7.05 Å². The summed E-state index contributed by atoms with van der Waals surface area (Å²) in [4.78, 5) is 11.7. The lowest BCUT2D eigenvalue weighted by Gasteiger charge is -2.26. The Labute approximate surface area is 181 Å². The van der Waals surface area contributed by atoms with Gasteiger partial charge in [-0.15, -0.1) is 0 Å². The lowest BCUT2D eigenvalue weighted by Crippen LogP contribution is -2.44. The van der Waals surface area contributed by atoms with Crippen molar-refractivity contribution in [1.29, 1.82) is 0 Å². The molecule has 1 unspecified atom stereocenters. The van der Waals surface area contributed by atoms with E-state index in [1.807, 2.05) is 37.6 Å². The number of hydrogen-bond acceptors (Lipinski definition) is 6. The summed E-state index contributed by atoms with van der Waals surface area (Å²) in [6.07, 6.45) is 4.97. The van der Waals surface area contributed by atoms with Gasteiger partial charge in [0.2, 0.25) is 0 Å². The van der Waals surface area contributed by atoms with E-state index in [9.17, 15) is 5.11 Å². The van der Waals surface area contributed by atoms with Crippen molar-refractivity contribution in [2.24, 2.45) is 7.05 Å². The number of anilines is 1. The van der Waals surface area contributed by atoms with Gasteiger partial charge in [-0.3, -0.25) is 4.68 Å². The first-order chi connectivity index (χ1) is 14.7. The van der Waals surface area contributed by atoms with E-state index in [0.29, 0.717) is 22.9 Å². The number of phenolic OH excluding ortho intramolecular Hbond substituents is 1. The molecule has 1 atom stereocenters. The molecule has 1 aliphatic rings. The van der Waals surface area contributed by atoms with Gasteiger partial charge in [0.15, 0.2) is 5.65 Å². The van der Waals surface area contributed by atoms with E-state index in [0.717, 1.165) is 41.5 Å². The lowest BCUT2D eigenvalue weighted by atomic mass is 10.1. The maximum absolute atomic E-state index is 10.5. The van der Waals surface area contributed by atoms with E-state index in [2.05, 4.69) is 47.1 Å². The number of benzene rings is 1. The normalized spacial score (nSPS) is 17.2. The first-order valence-corrected chi connectivity index (χ1v) is 10.7. The average Bonchev–Trinajstić information content (AvgIpc) is 3.30. The monoisotopic (exact) mass is 416 g/mol. The third kappa shape index (κ3) is 3.93. The van der Waals surface area contributed by atoms with E-state index < -0.39 is 0 Å². The molecule has 0 bridgehead atoms. The van der Waals surface area contributed by atoms with Gasteiger partial charge in [-0.1, -0.05) is 0 Å². The number of rotatable bonds is 3. The minimum atomic E-state index is 0.118. The Balaban J connectivity index is 1.43. The third-order valence-electron chi connectivity index (χ3n) is 5.73. The second kappa shape index (κ2) is 7.20. The summed E-state index contributed by atoms with van der Waals surface area (Å²) < 4.78 is 1.74. The van der Waals surface area contributed by atoms with Crippen LogP contribution in [0.15, 0.2) is 42.7 Å². The topological polar surface area (TPSA) is 79.1 Å². The van der Waals surface area contributed by atoms with Crippen molar-refractivity contribution in [3.63, 3.8) is 0 Å². The molecule has 0 aliphatic carbocycles. The predicted octanol–water partition coefficient (Wildman–Crippen LogP) is 3.86. The molecule has 160 valence electrons. The summed E-state index contributed by atoms with van der Waals surface area (Å²) >= 11 is 0. The van der Waals surface area contributed by atoms with Crippen molar-refractivity contribution in [2.45, 2.75) is 38.8 Å². The number of phenols is 1. The van der Waals surface area contributed by atoms with E-state index in [1.54, 1.807) is 10.7 Å². The molecule has 7 nitrogen and oxygen atoms in total. The van der Waals surface area contributed by atoms with Gasteiger partial charge >= 0.3 is 0 Å². The predicted molar refractivity (Wildman–Crippen MR) is 124 cm³/mol. The Morgan fingerprint density at radius 2 is 1.97 bits per heavy atom. The molecule has 1 aromatic carbocycles. The van der Waals surface area contributed by atoms with Crippen molar-refractivity contribution in [3.05, 3.63) is 42.7 Å². The first kappa shape index (κ1) is 19.8. The zero-order valence-electron chi connectivity index (χ0n) is 18.4. The molecule has 0 spiro atoms. The average molecular weight is 417 g/mol. The summed E-state index contributed by atoms with van der Waals surface area (Å²) in [5.74, 6) is 0.170. The Hall–Kier alpha value is -3.19. The number of fused-ring (bicyclic) bond motifs is 2. The number of nitrogens with one attached hydrogen (secondary N) is 1. The molecule has 2 N–H and O–H groups in total. The highest BCUT2D eigenvalue weighted by atomic mass is 16.3. The number of aromatic nitrogens is 4. The summed E-state index contributed by atoms with van der Waals surface area (Å²) in [5.41, 5.74) is 4.07. The molecule has 5 rings (SSSR count). The molecule has 0 radical (unpaired) electrons. The highest BCUT2D eigenvalue weighted by Gasteiger charge is 2.26. The Bertz CT molecular complexity index is 1270. The zero-order chi connectivity index (χ0) is 21.8. The molecule has 7 heteroatoms. The van der Waals surface area contributed by atoms with Crippen molar-refractivity contribution >= 4 is 27.6 Å².